The molecule has 28 heavy (non-hydrogen) atoms. The van der Waals surface area contributed by atoms with Crippen LogP contribution in [0, 0.1) is 12.3 Å². The molecular formula is C20H18N8. The highest BCUT2D eigenvalue weighted by molar-refractivity contribution is 6.00. The van der Waals surface area contributed by atoms with Crippen LogP contribution in [0.25, 0.3) is 17.0 Å². The molecule has 138 valence electrons. The van der Waals surface area contributed by atoms with Gasteiger partial charge in [0.1, 0.15) is 23.2 Å². The molecule has 0 saturated heterocycles. The average Bonchev–Trinajstić information content (AvgIpc) is 3.06. The third-order valence-electron chi connectivity index (χ3n) is 4.86. The van der Waals surface area contributed by atoms with Crippen molar-refractivity contribution in [2.75, 3.05) is 10.6 Å². The van der Waals surface area contributed by atoms with Crippen LogP contribution >= 0.6 is 0 Å². The zero-order chi connectivity index (χ0) is 19.3. The van der Waals surface area contributed by atoms with E-state index >= 15 is 0 Å². The van der Waals surface area contributed by atoms with E-state index in [2.05, 4.69) is 27.2 Å². The zero-order valence-corrected chi connectivity index (χ0v) is 15.3. The van der Waals surface area contributed by atoms with E-state index in [1.54, 1.807) is 23.7 Å². The Morgan fingerprint density at radius 2 is 1.86 bits per heavy atom. The maximum Gasteiger partial charge on any atom is 0.165 e. The minimum absolute atomic E-state index is 0.387. The van der Waals surface area contributed by atoms with Gasteiger partial charge >= 0.3 is 0 Å². The van der Waals surface area contributed by atoms with Gasteiger partial charge in [0.2, 0.25) is 0 Å². The van der Waals surface area contributed by atoms with E-state index in [4.69, 9.17) is 16.1 Å². The summed E-state index contributed by atoms with van der Waals surface area (Å²) in [5.41, 5.74) is 10.4. The largest absolute Gasteiger partial charge is 0.384 e. The number of nitrogens with one attached hydrogen (secondary N) is 1. The highest BCUT2D eigenvalue weighted by atomic mass is 15.3. The Morgan fingerprint density at radius 1 is 1.04 bits per heavy atom. The Hall–Kier alpha value is -3.81. The van der Waals surface area contributed by atoms with Crippen LogP contribution in [0.3, 0.4) is 0 Å². The van der Waals surface area contributed by atoms with E-state index in [9.17, 15) is 0 Å². The van der Waals surface area contributed by atoms with Crippen LogP contribution in [0.1, 0.15) is 17.0 Å². The van der Waals surface area contributed by atoms with Crippen LogP contribution in [-0.2, 0) is 13.0 Å². The maximum atomic E-state index is 8.63. The molecule has 0 fully saturated rings. The van der Waals surface area contributed by atoms with E-state index in [1.165, 1.54) is 11.1 Å². The number of rotatable bonds is 2. The number of nitrogen functional groups attached to an aromatic ring is 1. The van der Waals surface area contributed by atoms with Crippen LogP contribution in [-0.4, -0.2) is 30.4 Å². The summed E-state index contributed by atoms with van der Waals surface area (Å²) in [5.74, 6) is 2.10. The van der Waals surface area contributed by atoms with E-state index in [0.717, 1.165) is 0 Å². The number of nitrogens with two attached hydrogens (primary N) is 1. The first-order valence-corrected chi connectivity index (χ1v) is 8.97. The molecule has 8 heteroatoms. The van der Waals surface area contributed by atoms with Crippen molar-refractivity contribution in [1.82, 2.24) is 24.6 Å². The fourth-order valence-electron chi connectivity index (χ4n) is 3.63. The van der Waals surface area contributed by atoms with Crippen molar-refractivity contribution in [3.63, 3.8) is 0 Å². The molecule has 4 aromatic rings. The van der Waals surface area contributed by atoms with Gasteiger partial charge in [-0.2, -0.15) is 5.10 Å². The number of benzene rings is 1. The highest BCUT2D eigenvalue weighted by Crippen LogP contribution is 2.34. The topological polar surface area (TPSA) is 109 Å². The van der Waals surface area contributed by atoms with Crippen molar-refractivity contribution >= 4 is 23.1 Å². The van der Waals surface area contributed by atoms with Crippen molar-refractivity contribution in [2.45, 2.75) is 19.9 Å². The first-order chi connectivity index (χ1) is 13.6. The van der Waals surface area contributed by atoms with Gasteiger partial charge in [-0.1, -0.05) is 24.3 Å². The van der Waals surface area contributed by atoms with Crippen LogP contribution in [0.15, 0.2) is 48.7 Å². The van der Waals surface area contributed by atoms with Crippen molar-refractivity contribution in [3.05, 3.63) is 65.6 Å². The molecule has 3 aromatic heterocycles. The molecule has 8 nitrogen and oxygen atoms in total. The fourth-order valence-corrected chi connectivity index (χ4v) is 3.63. The number of anilines is 2. The second-order valence-corrected chi connectivity index (χ2v) is 6.78. The molecule has 0 radical (unpaired) electrons. The number of aromatic nitrogens is 5. The Kier molecular flexibility index (Phi) is 3.58. The number of hydrogen-bond acceptors (Lipinski definition) is 6. The van der Waals surface area contributed by atoms with Crippen molar-refractivity contribution < 1.29 is 0 Å². The highest BCUT2D eigenvalue weighted by Gasteiger charge is 2.28. The quantitative estimate of drug-likeness (QED) is 0.561. The van der Waals surface area contributed by atoms with Gasteiger partial charge < -0.3 is 10.6 Å². The predicted molar refractivity (Wildman–Crippen MR) is 107 cm³/mol. The number of hydrogen-bond donors (Lipinski definition) is 2. The standard InChI is InChI=1S/C20H18N8/c1-12-24-15(10-16(21)25-12)19-20(26-18-7-4-8-23-28(18)19)27-11-14-6-3-2-5-13(14)9-17(27)22/h2-8,10,22H,9,11H2,1H3,(H2,21,24,25). The summed E-state index contributed by atoms with van der Waals surface area (Å²) in [7, 11) is 0. The summed E-state index contributed by atoms with van der Waals surface area (Å²) in [4.78, 5) is 15.4. The van der Waals surface area contributed by atoms with E-state index in [0.29, 0.717) is 53.3 Å². The molecular weight excluding hydrogens is 352 g/mol. The average molecular weight is 370 g/mol. The zero-order valence-electron chi connectivity index (χ0n) is 15.3. The van der Waals surface area contributed by atoms with Gasteiger partial charge in [0.25, 0.3) is 0 Å². The molecule has 4 heterocycles. The van der Waals surface area contributed by atoms with Crippen LogP contribution < -0.4 is 10.6 Å². The molecule has 3 N–H and O–H groups in total. The lowest BCUT2D eigenvalue weighted by Crippen LogP contribution is -2.36. The molecule has 5 rings (SSSR count). The molecule has 1 aliphatic rings. The SMILES string of the molecule is Cc1nc(N)cc(-c2c(N3Cc4ccccc4CC3=N)nc3cccnn23)n1. The minimum atomic E-state index is 0.387. The number of aryl methyl sites for hydroxylation is 1. The van der Waals surface area contributed by atoms with Gasteiger partial charge in [-0.25, -0.2) is 19.5 Å². The van der Waals surface area contributed by atoms with Crippen LogP contribution in [0.4, 0.5) is 11.6 Å². The second-order valence-electron chi connectivity index (χ2n) is 6.78. The lowest BCUT2D eigenvalue weighted by Gasteiger charge is -2.30. The Bertz CT molecular complexity index is 1210. The molecule has 0 aliphatic carbocycles. The summed E-state index contributed by atoms with van der Waals surface area (Å²) in [5, 5.41) is 13.1. The van der Waals surface area contributed by atoms with Crippen LogP contribution in [0.5, 0.6) is 0 Å². The summed E-state index contributed by atoms with van der Waals surface area (Å²) in [6.07, 6.45) is 2.26. The number of fused-ring (bicyclic) bond motifs is 2. The molecule has 0 spiro atoms. The Labute approximate surface area is 161 Å². The normalized spacial score (nSPS) is 13.8. The predicted octanol–water partition coefficient (Wildman–Crippen LogP) is 2.62. The molecule has 1 aliphatic heterocycles. The first kappa shape index (κ1) is 16.4. The van der Waals surface area contributed by atoms with E-state index in [-0.39, 0.29) is 0 Å². The summed E-state index contributed by atoms with van der Waals surface area (Å²) < 4.78 is 1.74. The van der Waals surface area contributed by atoms with Gasteiger partial charge in [-0.15, -0.1) is 0 Å². The van der Waals surface area contributed by atoms with Crippen molar-refractivity contribution in [3.8, 4) is 11.4 Å². The molecule has 0 amide bonds. The molecule has 0 unspecified atom stereocenters. The van der Waals surface area contributed by atoms with E-state index < -0.39 is 0 Å². The lowest BCUT2D eigenvalue weighted by molar-refractivity contribution is 0.898. The summed E-state index contributed by atoms with van der Waals surface area (Å²) >= 11 is 0. The van der Waals surface area contributed by atoms with Gasteiger partial charge in [-0.3, -0.25) is 5.41 Å². The summed E-state index contributed by atoms with van der Waals surface area (Å²) in [6.45, 7) is 2.38. The van der Waals surface area contributed by atoms with Crippen molar-refractivity contribution in [2.24, 2.45) is 0 Å². The third kappa shape index (κ3) is 2.58. The van der Waals surface area contributed by atoms with Crippen molar-refractivity contribution in [1.29, 1.82) is 5.41 Å². The van der Waals surface area contributed by atoms with Gasteiger partial charge in [0.05, 0.1) is 12.2 Å². The van der Waals surface area contributed by atoms with Gasteiger partial charge in [0.15, 0.2) is 11.5 Å². The minimum Gasteiger partial charge on any atom is -0.384 e. The fraction of sp³-hybridized carbons (Fsp3) is 0.150. The van der Waals surface area contributed by atoms with Crippen LogP contribution in [0.2, 0.25) is 0 Å². The second kappa shape index (κ2) is 6.12. The smallest absolute Gasteiger partial charge is 0.165 e. The number of amidine groups is 1. The van der Waals surface area contributed by atoms with Gasteiger partial charge in [0, 0.05) is 18.7 Å². The Morgan fingerprint density at radius 3 is 2.68 bits per heavy atom. The number of nitrogens with zero attached hydrogens (tertiary/aromatic N) is 6. The first-order valence-electron chi connectivity index (χ1n) is 8.97. The van der Waals surface area contributed by atoms with E-state index in [1.807, 2.05) is 29.2 Å². The monoisotopic (exact) mass is 370 g/mol. The third-order valence-corrected chi connectivity index (χ3v) is 4.86. The molecule has 0 bridgehead atoms. The lowest BCUT2D eigenvalue weighted by atomic mass is 9.99. The molecule has 0 atom stereocenters. The maximum absolute atomic E-state index is 8.63. The molecule has 0 saturated carbocycles. The Balaban J connectivity index is 1.73. The summed E-state index contributed by atoms with van der Waals surface area (Å²) in [6, 6.07) is 13.6. The molecule has 1 aromatic carbocycles. The van der Waals surface area contributed by atoms with Gasteiger partial charge in [-0.05, 0) is 30.2 Å². The number of imidazole rings is 1.